The molecular weight excluding hydrogens is 701 g/mol. The number of aryl methyl sites for hydroxylation is 2. The van der Waals surface area contributed by atoms with Gasteiger partial charge in [0.2, 0.25) is 5.88 Å². The lowest BCUT2D eigenvalue weighted by atomic mass is 10.1. The van der Waals surface area contributed by atoms with E-state index in [-0.39, 0.29) is 38.4 Å². The van der Waals surface area contributed by atoms with Crippen molar-refractivity contribution >= 4 is 19.7 Å². The summed E-state index contributed by atoms with van der Waals surface area (Å²) in [6, 6.07) is 9.84. The Kier molecular flexibility index (Phi) is 12.4. The van der Waals surface area contributed by atoms with E-state index in [4.69, 9.17) is 4.74 Å². The molecule has 0 unspecified atom stereocenters. The monoisotopic (exact) mass is 740 g/mol. The van der Waals surface area contributed by atoms with Crippen LogP contribution in [0.2, 0.25) is 0 Å². The highest BCUT2D eigenvalue weighted by atomic mass is 32.2. The molecule has 0 N–H and O–H groups in total. The molecule has 2 aromatic heterocycles. The third-order valence-corrected chi connectivity index (χ3v) is 11.0. The molecule has 0 fully saturated rings. The van der Waals surface area contributed by atoms with Gasteiger partial charge in [0, 0.05) is 36.1 Å². The van der Waals surface area contributed by atoms with Gasteiger partial charge in [-0.05, 0) is 51.0 Å². The Morgan fingerprint density at radius 3 is 1.64 bits per heavy atom. The van der Waals surface area contributed by atoms with Crippen LogP contribution in [-0.4, -0.2) is 66.3 Å². The summed E-state index contributed by atoms with van der Waals surface area (Å²) >= 11 is 0. The number of halogens is 4. The van der Waals surface area contributed by atoms with Gasteiger partial charge in [0.15, 0.2) is 26.3 Å². The van der Waals surface area contributed by atoms with Crippen LogP contribution in [0.1, 0.15) is 49.9 Å². The molecule has 4 aromatic rings. The van der Waals surface area contributed by atoms with Gasteiger partial charge >= 0.3 is 0 Å². The first-order valence-electron chi connectivity index (χ1n) is 15.4. The van der Waals surface area contributed by atoms with Crippen LogP contribution < -0.4 is 10.3 Å². The highest BCUT2D eigenvalue weighted by molar-refractivity contribution is 7.91. The standard InChI is InChI=1S/2C17H20F2N2O3S/c1-5-25(22,23)14-8-11(2)6-7-13(14)15-12(3)16(21-10-20-15)24-9-17(4,18)19;1-5-25(23,24)14-8-11(2)6-7-13(14)15-12(3)16(22)21(10-20-15)9-17(4,18)19/h2*6-8,10H,5,9H2,1-4H3. The van der Waals surface area contributed by atoms with E-state index in [1.165, 1.54) is 26.2 Å². The van der Waals surface area contributed by atoms with Crippen molar-refractivity contribution in [2.75, 3.05) is 18.1 Å². The van der Waals surface area contributed by atoms with E-state index >= 15 is 0 Å². The van der Waals surface area contributed by atoms with Crippen LogP contribution >= 0.6 is 0 Å². The van der Waals surface area contributed by atoms with E-state index in [2.05, 4.69) is 15.0 Å². The van der Waals surface area contributed by atoms with Crippen molar-refractivity contribution in [1.82, 2.24) is 19.5 Å². The smallest absolute Gasteiger partial charge is 0.278 e. The second-order valence-corrected chi connectivity index (χ2v) is 16.5. The van der Waals surface area contributed by atoms with Gasteiger partial charge in [-0.1, -0.05) is 38.1 Å². The Bertz CT molecular complexity index is 2140. The molecule has 0 aliphatic heterocycles. The Morgan fingerprint density at radius 2 is 1.20 bits per heavy atom. The summed E-state index contributed by atoms with van der Waals surface area (Å²) < 4.78 is 108. The number of ether oxygens (including phenoxy) is 1. The molecular formula is C34H40F4N4O6S2. The average molecular weight is 741 g/mol. The summed E-state index contributed by atoms with van der Waals surface area (Å²) in [5.74, 6) is -6.20. The first-order valence-corrected chi connectivity index (χ1v) is 18.8. The lowest BCUT2D eigenvalue weighted by Crippen LogP contribution is -2.30. The maximum atomic E-state index is 13.2. The second-order valence-electron chi connectivity index (χ2n) is 12.0. The van der Waals surface area contributed by atoms with Crippen molar-refractivity contribution < 1.29 is 39.1 Å². The summed E-state index contributed by atoms with van der Waals surface area (Å²) in [6.07, 6.45) is 2.21. The molecule has 2 heterocycles. The van der Waals surface area contributed by atoms with Crippen LogP contribution in [-0.2, 0) is 26.2 Å². The van der Waals surface area contributed by atoms with Crippen molar-refractivity contribution in [1.29, 1.82) is 0 Å². The van der Waals surface area contributed by atoms with E-state index in [9.17, 15) is 39.2 Å². The van der Waals surface area contributed by atoms with Gasteiger partial charge in [-0.25, -0.2) is 49.3 Å². The minimum absolute atomic E-state index is 0.00643. The molecule has 4 rings (SSSR count). The molecule has 0 bridgehead atoms. The van der Waals surface area contributed by atoms with E-state index < -0.39 is 50.2 Å². The lowest BCUT2D eigenvalue weighted by molar-refractivity contribution is -0.0244. The fourth-order valence-electron chi connectivity index (χ4n) is 4.80. The Morgan fingerprint density at radius 1 is 0.720 bits per heavy atom. The van der Waals surface area contributed by atoms with Crippen LogP contribution in [0.15, 0.2) is 63.6 Å². The number of rotatable bonds is 11. The SMILES string of the molecule is CCS(=O)(=O)c1cc(C)ccc1-c1ncn(CC(C)(F)F)c(=O)c1C.CCS(=O)(=O)c1cc(C)ccc1-c1ncnc(OCC(C)(F)F)c1C. The molecule has 272 valence electrons. The number of hydrogen-bond acceptors (Lipinski definition) is 9. The van der Waals surface area contributed by atoms with Crippen LogP contribution in [0.3, 0.4) is 0 Å². The van der Waals surface area contributed by atoms with Gasteiger partial charge in [-0.15, -0.1) is 0 Å². The molecule has 0 saturated heterocycles. The zero-order valence-electron chi connectivity index (χ0n) is 29.0. The summed E-state index contributed by atoms with van der Waals surface area (Å²) in [6.45, 7) is 9.58. The minimum Gasteiger partial charge on any atom is -0.471 e. The quantitative estimate of drug-likeness (QED) is 0.157. The Labute approximate surface area is 289 Å². The maximum Gasteiger partial charge on any atom is 0.278 e. The highest BCUT2D eigenvalue weighted by Crippen LogP contribution is 2.33. The van der Waals surface area contributed by atoms with Crippen molar-refractivity contribution in [3.63, 3.8) is 0 Å². The zero-order valence-corrected chi connectivity index (χ0v) is 30.6. The molecule has 0 atom stereocenters. The fourth-order valence-corrected chi connectivity index (χ4v) is 7.15. The molecule has 16 heteroatoms. The Hall–Kier alpha value is -4.18. The number of nitrogens with zero attached hydrogens (tertiary/aromatic N) is 4. The number of benzene rings is 2. The molecule has 0 spiro atoms. The molecule has 0 aliphatic rings. The van der Waals surface area contributed by atoms with E-state index in [1.54, 1.807) is 58.0 Å². The van der Waals surface area contributed by atoms with Gasteiger partial charge in [0.1, 0.15) is 6.33 Å². The van der Waals surface area contributed by atoms with Gasteiger partial charge in [-0.2, -0.15) is 0 Å². The average Bonchev–Trinajstić information content (AvgIpc) is 3.02. The number of aromatic nitrogens is 4. The topological polar surface area (TPSA) is 138 Å². The van der Waals surface area contributed by atoms with E-state index in [1.807, 2.05) is 0 Å². The number of alkyl halides is 4. The zero-order chi connectivity index (χ0) is 37.8. The molecule has 0 saturated carbocycles. The normalized spacial score (nSPS) is 12.3. The molecule has 0 radical (unpaired) electrons. The second kappa shape index (κ2) is 15.4. The molecule has 50 heavy (non-hydrogen) atoms. The van der Waals surface area contributed by atoms with E-state index in [0.29, 0.717) is 29.3 Å². The van der Waals surface area contributed by atoms with Gasteiger partial charge in [-0.3, -0.25) is 9.36 Å². The first kappa shape index (κ1) is 40.3. The predicted octanol–water partition coefficient (Wildman–Crippen LogP) is 6.56. The van der Waals surface area contributed by atoms with Gasteiger partial charge < -0.3 is 4.74 Å². The van der Waals surface area contributed by atoms with Crippen LogP contribution in [0.5, 0.6) is 5.88 Å². The summed E-state index contributed by atoms with van der Waals surface area (Å²) in [4.78, 5) is 24.7. The van der Waals surface area contributed by atoms with Gasteiger partial charge in [0.25, 0.3) is 17.4 Å². The third-order valence-electron chi connectivity index (χ3n) is 7.43. The largest absolute Gasteiger partial charge is 0.471 e. The van der Waals surface area contributed by atoms with Crippen molar-refractivity contribution in [3.05, 3.63) is 81.7 Å². The first-order chi connectivity index (χ1) is 23.0. The molecule has 10 nitrogen and oxygen atoms in total. The maximum absolute atomic E-state index is 13.2. The van der Waals surface area contributed by atoms with Crippen molar-refractivity contribution in [2.24, 2.45) is 0 Å². The highest BCUT2D eigenvalue weighted by Gasteiger charge is 2.27. The summed E-state index contributed by atoms with van der Waals surface area (Å²) in [5.41, 5.74) is 2.71. The van der Waals surface area contributed by atoms with Crippen molar-refractivity contribution in [2.45, 2.75) is 83.6 Å². The summed E-state index contributed by atoms with van der Waals surface area (Å²) in [5, 5.41) is 0. The van der Waals surface area contributed by atoms with E-state index in [0.717, 1.165) is 28.9 Å². The lowest BCUT2D eigenvalue weighted by Gasteiger charge is -2.16. The predicted molar refractivity (Wildman–Crippen MR) is 183 cm³/mol. The molecule has 0 aliphatic carbocycles. The van der Waals surface area contributed by atoms with Crippen LogP contribution in [0.4, 0.5) is 17.6 Å². The number of sulfone groups is 2. The van der Waals surface area contributed by atoms with Crippen LogP contribution in [0.25, 0.3) is 22.5 Å². The number of hydrogen-bond donors (Lipinski definition) is 0. The van der Waals surface area contributed by atoms with Crippen molar-refractivity contribution in [3.8, 4) is 28.4 Å². The summed E-state index contributed by atoms with van der Waals surface area (Å²) in [7, 11) is -7.02. The molecule has 2 aromatic carbocycles. The Balaban J connectivity index is 0.000000270. The third kappa shape index (κ3) is 9.96. The minimum atomic E-state index is -3.54. The fraction of sp³-hybridized carbons (Fsp3) is 0.412. The van der Waals surface area contributed by atoms with Crippen LogP contribution in [0, 0.1) is 27.7 Å². The molecule has 0 amide bonds. The van der Waals surface area contributed by atoms with Gasteiger partial charge in [0.05, 0.1) is 45.6 Å².